The molecule has 1 atom stereocenters. The van der Waals surface area contributed by atoms with Gasteiger partial charge in [-0.05, 0) is 13.8 Å². The summed E-state index contributed by atoms with van der Waals surface area (Å²) in [5.74, 6) is -0.0440. The van der Waals surface area contributed by atoms with Crippen molar-refractivity contribution in [1.82, 2.24) is 0 Å². The minimum absolute atomic E-state index is 0.0440. The van der Waals surface area contributed by atoms with E-state index in [1.54, 1.807) is 6.92 Å². The first kappa shape index (κ1) is 8.23. The van der Waals surface area contributed by atoms with Crippen molar-refractivity contribution in [3.63, 3.8) is 0 Å². The fraction of sp³-hybridized carbons (Fsp3) is 0.800. The van der Waals surface area contributed by atoms with Crippen LogP contribution in [-0.2, 0) is 4.74 Å². The second-order valence-corrected chi connectivity index (χ2v) is 1.55. The summed E-state index contributed by atoms with van der Waals surface area (Å²) in [4.78, 5) is 0. The molecule has 0 bridgehead atoms. The molecule has 0 aromatic heterocycles. The predicted molar refractivity (Wildman–Crippen MR) is 32.5 cm³/mol. The highest BCUT2D eigenvalue weighted by Crippen LogP contribution is 1.88. The van der Waals surface area contributed by atoms with E-state index in [1.165, 1.54) is 6.92 Å². The molecule has 0 radical (unpaired) electrons. The number of aliphatic hydroxyl groups excluding tert-OH is 1. The van der Waals surface area contributed by atoms with Gasteiger partial charge in [-0.2, -0.15) is 0 Å². The Hall–Kier alpha value is -0.770. The zero-order valence-corrected chi connectivity index (χ0v) is 5.53. The molecule has 0 saturated carbocycles. The van der Waals surface area contributed by atoms with Crippen LogP contribution in [0.2, 0.25) is 0 Å². The lowest BCUT2D eigenvalue weighted by Crippen LogP contribution is -2.19. The lowest BCUT2D eigenvalue weighted by Gasteiger charge is -2.05. The van der Waals surface area contributed by atoms with Gasteiger partial charge in [-0.3, -0.25) is 0 Å². The summed E-state index contributed by atoms with van der Waals surface area (Å²) in [7, 11) is 0. The van der Waals surface area contributed by atoms with Crippen molar-refractivity contribution in [3.8, 4) is 0 Å². The maximum Gasteiger partial charge on any atom is 0.254 e. The summed E-state index contributed by atoms with van der Waals surface area (Å²) in [5.41, 5.74) is 0. The van der Waals surface area contributed by atoms with E-state index < -0.39 is 6.10 Å². The van der Waals surface area contributed by atoms with E-state index in [0.717, 1.165) is 0 Å². The Morgan fingerprint density at radius 3 is 2.44 bits per heavy atom. The third-order valence-electron chi connectivity index (χ3n) is 0.748. The SMILES string of the molecule is CCOC(=NO)C(C)O. The van der Waals surface area contributed by atoms with Crippen LogP contribution in [-0.4, -0.2) is 28.9 Å². The Labute approximate surface area is 53.8 Å². The standard InChI is InChI=1S/C5H11NO3/c1-3-9-5(6-8)4(2)7/h4,7-8H,3H2,1-2H3. The zero-order valence-electron chi connectivity index (χ0n) is 5.53. The lowest BCUT2D eigenvalue weighted by atomic mass is 10.4. The Balaban J connectivity index is 3.70. The van der Waals surface area contributed by atoms with Crippen molar-refractivity contribution in [2.45, 2.75) is 20.0 Å². The van der Waals surface area contributed by atoms with Crippen molar-refractivity contribution in [3.05, 3.63) is 0 Å². The molecule has 4 nitrogen and oxygen atoms in total. The van der Waals surface area contributed by atoms with Crippen LogP contribution in [0.25, 0.3) is 0 Å². The van der Waals surface area contributed by atoms with Crippen molar-refractivity contribution < 1.29 is 15.1 Å². The van der Waals surface area contributed by atoms with Crippen LogP contribution in [0.15, 0.2) is 5.16 Å². The van der Waals surface area contributed by atoms with Crippen molar-refractivity contribution in [2.75, 3.05) is 6.61 Å². The second-order valence-electron chi connectivity index (χ2n) is 1.55. The largest absolute Gasteiger partial charge is 0.477 e. The maximum atomic E-state index is 8.73. The van der Waals surface area contributed by atoms with E-state index in [-0.39, 0.29) is 5.90 Å². The second kappa shape index (κ2) is 4.14. The summed E-state index contributed by atoms with van der Waals surface area (Å²) in [6.45, 7) is 3.60. The van der Waals surface area contributed by atoms with E-state index in [4.69, 9.17) is 15.1 Å². The molecular formula is C5H11NO3. The fourth-order valence-electron chi connectivity index (χ4n) is 0.381. The molecule has 54 valence electrons. The Kier molecular flexibility index (Phi) is 3.79. The van der Waals surface area contributed by atoms with Crippen LogP contribution in [0.5, 0.6) is 0 Å². The number of nitrogens with zero attached hydrogens (tertiary/aromatic N) is 1. The molecule has 0 rings (SSSR count). The Morgan fingerprint density at radius 2 is 2.33 bits per heavy atom. The van der Waals surface area contributed by atoms with Gasteiger partial charge in [0.05, 0.1) is 6.61 Å². The van der Waals surface area contributed by atoms with Gasteiger partial charge in [-0.1, -0.05) is 5.16 Å². The van der Waals surface area contributed by atoms with Crippen molar-refractivity contribution in [1.29, 1.82) is 0 Å². The summed E-state index contributed by atoms with van der Waals surface area (Å²) in [6, 6.07) is 0. The van der Waals surface area contributed by atoms with E-state index in [1.807, 2.05) is 0 Å². The number of oxime groups is 1. The first-order valence-corrected chi connectivity index (χ1v) is 2.75. The quantitative estimate of drug-likeness (QED) is 0.244. The molecule has 4 heteroatoms. The zero-order chi connectivity index (χ0) is 7.28. The summed E-state index contributed by atoms with van der Waals surface area (Å²) in [6.07, 6.45) is -0.838. The van der Waals surface area contributed by atoms with Gasteiger partial charge in [-0.25, -0.2) is 0 Å². The number of aliphatic hydroxyl groups is 1. The first-order valence-electron chi connectivity index (χ1n) is 2.75. The molecule has 0 amide bonds. The summed E-state index contributed by atoms with van der Waals surface area (Å²) >= 11 is 0. The Bertz CT molecular complexity index is 100. The van der Waals surface area contributed by atoms with Crippen molar-refractivity contribution in [2.24, 2.45) is 5.16 Å². The highest BCUT2D eigenvalue weighted by Gasteiger charge is 2.06. The van der Waals surface area contributed by atoms with Gasteiger partial charge in [0.15, 0.2) is 0 Å². The van der Waals surface area contributed by atoms with Gasteiger partial charge in [0, 0.05) is 0 Å². The van der Waals surface area contributed by atoms with Crippen LogP contribution in [0.3, 0.4) is 0 Å². The molecule has 0 heterocycles. The third-order valence-corrected chi connectivity index (χ3v) is 0.748. The molecule has 1 unspecified atom stereocenters. The maximum absolute atomic E-state index is 8.73. The van der Waals surface area contributed by atoms with Crippen LogP contribution >= 0.6 is 0 Å². The molecule has 0 aliphatic heterocycles. The van der Waals surface area contributed by atoms with Gasteiger partial charge < -0.3 is 15.1 Å². The molecule has 0 aliphatic rings. The minimum atomic E-state index is -0.838. The number of rotatable bonds is 2. The Morgan fingerprint density at radius 1 is 1.78 bits per heavy atom. The molecule has 0 aliphatic carbocycles. The van der Waals surface area contributed by atoms with Crippen LogP contribution < -0.4 is 0 Å². The highest BCUT2D eigenvalue weighted by molar-refractivity contribution is 5.79. The van der Waals surface area contributed by atoms with Crippen molar-refractivity contribution >= 4 is 5.90 Å². The topological polar surface area (TPSA) is 62.0 Å². The van der Waals surface area contributed by atoms with E-state index in [0.29, 0.717) is 6.61 Å². The van der Waals surface area contributed by atoms with E-state index >= 15 is 0 Å². The summed E-state index contributed by atoms with van der Waals surface area (Å²) in [5, 5.41) is 19.6. The molecule has 9 heavy (non-hydrogen) atoms. The lowest BCUT2D eigenvalue weighted by molar-refractivity contribution is 0.183. The molecular weight excluding hydrogens is 122 g/mol. The molecule has 0 saturated heterocycles. The average Bonchev–Trinajstić information content (AvgIpc) is 1.82. The highest BCUT2D eigenvalue weighted by atomic mass is 16.5. The molecule has 0 spiro atoms. The molecule has 0 aromatic carbocycles. The smallest absolute Gasteiger partial charge is 0.254 e. The summed E-state index contributed by atoms with van der Waals surface area (Å²) < 4.78 is 4.70. The first-order chi connectivity index (χ1) is 4.22. The van der Waals surface area contributed by atoms with Gasteiger partial charge in [-0.15, -0.1) is 0 Å². The average molecular weight is 133 g/mol. The van der Waals surface area contributed by atoms with Crippen LogP contribution in [0.1, 0.15) is 13.8 Å². The van der Waals surface area contributed by atoms with Gasteiger partial charge in [0.1, 0.15) is 6.10 Å². The van der Waals surface area contributed by atoms with Crippen LogP contribution in [0.4, 0.5) is 0 Å². The predicted octanol–water partition coefficient (Wildman–Crippen LogP) is 0.191. The number of hydrogen-bond donors (Lipinski definition) is 2. The molecule has 0 fully saturated rings. The van der Waals surface area contributed by atoms with Gasteiger partial charge in [0.25, 0.3) is 5.90 Å². The van der Waals surface area contributed by atoms with E-state index in [9.17, 15) is 0 Å². The van der Waals surface area contributed by atoms with Crippen LogP contribution in [0, 0.1) is 0 Å². The fourth-order valence-corrected chi connectivity index (χ4v) is 0.381. The molecule has 0 aromatic rings. The monoisotopic (exact) mass is 133 g/mol. The number of hydrogen-bond acceptors (Lipinski definition) is 4. The molecule has 2 N–H and O–H groups in total. The normalized spacial score (nSPS) is 15.2. The van der Waals surface area contributed by atoms with Gasteiger partial charge >= 0.3 is 0 Å². The third kappa shape index (κ3) is 2.92. The van der Waals surface area contributed by atoms with Gasteiger partial charge in [0.2, 0.25) is 0 Å². The van der Waals surface area contributed by atoms with E-state index in [2.05, 4.69) is 5.16 Å². The minimum Gasteiger partial charge on any atom is -0.477 e. The number of ether oxygens (including phenoxy) is 1.